The lowest BCUT2D eigenvalue weighted by Gasteiger charge is -2.10. The van der Waals surface area contributed by atoms with E-state index < -0.39 is 0 Å². The smallest absolute Gasteiger partial charge is 0.271 e. The maximum atomic E-state index is 12.9. The summed E-state index contributed by atoms with van der Waals surface area (Å²) in [5.74, 6) is -0.186. The third kappa shape index (κ3) is 3.96. The minimum Gasteiger partial charge on any atom is -0.349 e. The molecule has 0 unspecified atom stereocenters. The zero-order valence-electron chi connectivity index (χ0n) is 17.5. The molecular formula is C22H24N6OS. The van der Waals surface area contributed by atoms with Crippen LogP contribution < -0.4 is 5.32 Å². The number of H-pyrrole nitrogens is 1. The molecule has 3 heterocycles. The van der Waals surface area contributed by atoms with E-state index >= 15 is 0 Å². The summed E-state index contributed by atoms with van der Waals surface area (Å²) in [6.45, 7) is 5.42. The van der Waals surface area contributed by atoms with E-state index in [9.17, 15) is 4.79 Å². The Balaban J connectivity index is 1.79. The number of amides is 1. The number of hydrogen-bond acceptors (Lipinski definition) is 6. The van der Waals surface area contributed by atoms with Gasteiger partial charge in [-0.15, -0.1) is 11.3 Å². The van der Waals surface area contributed by atoms with Gasteiger partial charge >= 0.3 is 0 Å². The summed E-state index contributed by atoms with van der Waals surface area (Å²) in [5, 5.41) is 12.3. The Kier molecular flexibility index (Phi) is 5.61. The molecule has 7 nitrogen and oxygen atoms in total. The molecule has 0 aliphatic heterocycles. The Morgan fingerprint density at radius 3 is 2.83 bits per heavy atom. The van der Waals surface area contributed by atoms with Crippen molar-refractivity contribution in [3.8, 4) is 21.1 Å². The van der Waals surface area contributed by atoms with E-state index in [0.717, 1.165) is 49.7 Å². The molecule has 2 N–H and O–H groups in total. The molecule has 0 fully saturated rings. The number of pyridine rings is 1. The first-order chi connectivity index (χ1) is 14.4. The van der Waals surface area contributed by atoms with E-state index in [4.69, 9.17) is 4.98 Å². The number of aromatic amines is 1. The quantitative estimate of drug-likeness (QED) is 0.497. The summed E-state index contributed by atoms with van der Waals surface area (Å²) in [4.78, 5) is 24.7. The highest BCUT2D eigenvalue weighted by molar-refractivity contribution is 7.18. The van der Waals surface area contributed by atoms with Gasteiger partial charge in [0, 0.05) is 36.4 Å². The number of fused-ring (bicyclic) bond motifs is 1. The lowest BCUT2D eigenvalue weighted by atomic mass is 10.1. The number of carbonyl (C=O) groups excluding carboxylic acids is 1. The average molecular weight is 421 g/mol. The third-order valence-corrected chi connectivity index (χ3v) is 5.94. The van der Waals surface area contributed by atoms with Gasteiger partial charge in [0.05, 0.1) is 10.4 Å². The minimum absolute atomic E-state index is 0.186. The Labute approximate surface area is 179 Å². The van der Waals surface area contributed by atoms with Crippen molar-refractivity contribution in [2.24, 2.45) is 0 Å². The van der Waals surface area contributed by atoms with Crippen LogP contribution in [0.25, 0.3) is 32.0 Å². The molecule has 1 aromatic carbocycles. The molecule has 4 aromatic rings. The Hall–Kier alpha value is -3.10. The van der Waals surface area contributed by atoms with Gasteiger partial charge in [-0.25, -0.2) is 4.98 Å². The van der Waals surface area contributed by atoms with Crippen LogP contribution in [0, 0.1) is 13.8 Å². The fourth-order valence-corrected chi connectivity index (χ4v) is 4.45. The molecule has 4 rings (SSSR count). The number of carbonyl (C=O) groups is 1. The predicted octanol–water partition coefficient (Wildman–Crippen LogP) is 3.66. The normalized spacial score (nSPS) is 11.4. The third-order valence-electron chi connectivity index (χ3n) is 4.82. The summed E-state index contributed by atoms with van der Waals surface area (Å²) >= 11 is 1.47. The molecule has 0 saturated carbocycles. The van der Waals surface area contributed by atoms with Gasteiger partial charge in [0.15, 0.2) is 0 Å². The van der Waals surface area contributed by atoms with Crippen molar-refractivity contribution in [2.75, 3.05) is 27.2 Å². The molecule has 0 aliphatic carbocycles. The number of aryl methyl sites for hydroxylation is 2. The first-order valence-corrected chi connectivity index (χ1v) is 10.6. The van der Waals surface area contributed by atoms with E-state index in [0.29, 0.717) is 12.2 Å². The van der Waals surface area contributed by atoms with Gasteiger partial charge in [-0.3, -0.25) is 14.9 Å². The number of nitrogens with zero attached hydrogens (tertiary/aromatic N) is 4. The molecule has 0 atom stereocenters. The van der Waals surface area contributed by atoms with Crippen LogP contribution in [0.5, 0.6) is 0 Å². The van der Waals surface area contributed by atoms with Crippen molar-refractivity contribution in [1.29, 1.82) is 0 Å². The van der Waals surface area contributed by atoms with Gasteiger partial charge in [-0.05, 0) is 45.6 Å². The lowest BCUT2D eigenvalue weighted by Crippen LogP contribution is -2.31. The summed E-state index contributed by atoms with van der Waals surface area (Å²) < 4.78 is 0. The van der Waals surface area contributed by atoms with Crippen LogP contribution in [0.1, 0.15) is 21.6 Å². The summed E-state index contributed by atoms with van der Waals surface area (Å²) in [6, 6.07) is 8.02. The predicted molar refractivity (Wildman–Crippen MR) is 121 cm³/mol. The topological polar surface area (TPSA) is 86.8 Å². The van der Waals surface area contributed by atoms with E-state index in [-0.39, 0.29) is 5.91 Å². The highest BCUT2D eigenvalue weighted by Crippen LogP contribution is 2.37. The van der Waals surface area contributed by atoms with E-state index in [1.165, 1.54) is 11.3 Å². The van der Waals surface area contributed by atoms with Crippen molar-refractivity contribution >= 4 is 28.1 Å². The standard InChI is InChI=1S/C22H24N6OS/c1-13-10-14(2)17-16(11-13)18(27-26-17)22-25-19(21(29)24-8-9-28(3)4)20(30-22)15-6-5-7-23-12-15/h5-7,10-12H,8-9H2,1-4H3,(H,24,29)(H,26,27). The van der Waals surface area contributed by atoms with Crippen molar-refractivity contribution in [3.05, 3.63) is 53.5 Å². The lowest BCUT2D eigenvalue weighted by molar-refractivity contribution is 0.0947. The minimum atomic E-state index is -0.186. The monoisotopic (exact) mass is 420 g/mol. The molecule has 154 valence electrons. The molecule has 3 aromatic heterocycles. The van der Waals surface area contributed by atoms with E-state index in [1.54, 1.807) is 12.4 Å². The average Bonchev–Trinajstić information content (AvgIpc) is 3.32. The number of hydrogen-bond donors (Lipinski definition) is 2. The summed E-state index contributed by atoms with van der Waals surface area (Å²) in [6.07, 6.45) is 3.48. The molecule has 8 heteroatoms. The molecule has 0 bridgehead atoms. The molecule has 30 heavy (non-hydrogen) atoms. The first-order valence-electron chi connectivity index (χ1n) is 9.74. The van der Waals surface area contributed by atoms with Gasteiger partial charge in [0.2, 0.25) is 0 Å². The Morgan fingerprint density at radius 2 is 2.10 bits per heavy atom. The maximum Gasteiger partial charge on any atom is 0.271 e. The SMILES string of the molecule is Cc1cc(C)c2n[nH]c(-c3nc(C(=O)NCCN(C)C)c(-c4cccnc4)s3)c2c1. The van der Waals surface area contributed by atoms with Gasteiger partial charge in [-0.1, -0.05) is 17.7 Å². The van der Waals surface area contributed by atoms with E-state index in [2.05, 4.69) is 39.6 Å². The van der Waals surface area contributed by atoms with Crippen LogP contribution >= 0.6 is 11.3 Å². The first kappa shape index (κ1) is 20.2. The van der Waals surface area contributed by atoms with Crippen LogP contribution in [-0.4, -0.2) is 58.2 Å². The maximum absolute atomic E-state index is 12.9. The fourth-order valence-electron chi connectivity index (χ4n) is 3.38. The molecular weight excluding hydrogens is 396 g/mol. The summed E-state index contributed by atoms with van der Waals surface area (Å²) in [5.41, 5.74) is 5.31. The highest BCUT2D eigenvalue weighted by atomic mass is 32.1. The number of benzene rings is 1. The van der Waals surface area contributed by atoms with Crippen LogP contribution in [0.15, 0.2) is 36.7 Å². The van der Waals surface area contributed by atoms with Crippen molar-refractivity contribution in [2.45, 2.75) is 13.8 Å². The van der Waals surface area contributed by atoms with Crippen LogP contribution in [0.4, 0.5) is 0 Å². The number of aromatic nitrogens is 4. The van der Waals surface area contributed by atoms with Gasteiger partial charge in [0.1, 0.15) is 16.4 Å². The number of rotatable bonds is 6. The Morgan fingerprint density at radius 1 is 1.27 bits per heavy atom. The van der Waals surface area contributed by atoms with Gasteiger partial charge < -0.3 is 10.2 Å². The molecule has 1 amide bonds. The number of nitrogens with one attached hydrogen (secondary N) is 2. The second-order valence-corrected chi connectivity index (χ2v) is 8.57. The molecule has 0 aliphatic rings. The largest absolute Gasteiger partial charge is 0.349 e. The van der Waals surface area contributed by atoms with Crippen molar-refractivity contribution in [1.82, 2.24) is 30.4 Å². The fraction of sp³-hybridized carbons (Fsp3) is 0.273. The zero-order valence-corrected chi connectivity index (χ0v) is 18.3. The van der Waals surface area contributed by atoms with Crippen molar-refractivity contribution in [3.63, 3.8) is 0 Å². The Bertz CT molecular complexity index is 1200. The number of likely N-dealkylation sites (N-methyl/N-ethyl adjacent to an activating group) is 1. The zero-order chi connectivity index (χ0) is 21.3. The van der Waals surface area contributed by atoms with Crippen molar-refractivity contribution < 1.29 is 4.79 Å². The molecule has 0 spiro atoms. The van der Waals surface area contributed by atoms with Gasteiger partial charge in [-0.2, -0.15) is 5.10 Å². The van der Waals surface area contributed by atoms with Gasteiger partial charge in [0.25, 0.3) is 5.91 Å². The number of thiazole rings is 1. The second kappa shape index (κ2) is 8.33. The van der Waals surface area contributed by atoms with E-state index in [1.807, 2.05) is 38.1 Å². The second-order valence-electron chi connectivity index (χ2n) is 7.57. The molecule has 0 saturated heterocycles. The molecule has 0 radical (unpaired) electrons. The highest BCUT2D eigenvalue weighted by Gasteiger charge is 2.22. The van der Waals surface area contributed by atoms with Crippen LogP contribution in [0.2, 0.25) is 0 Å². The van der Waals surface area contributed by atoms with Crippen LogP contribution in [0.3, 0.4) is 0 Å². The summed E-state index contributed by atoms with van der Waals surface area (Å²) in [7, 11) is 3.95. The van der Waals surface area contributed by atoms with Crippen LogP contribution in [-0.2, 0) is 0 Å².